The quantitative estimate of drug-likeness (QED) is 0.458. The zero-order valence-electron chi connectivity index (χ0n) is 23.2. The second kappa shape index (κ2) is 10.4. The molecule has 7 rings (SSSR count). The highest BCUT2D eigenvalue weighted by Crippen LogP contribution is 2.54. The normalized spacial score (nSPS) is 23.0. The molecule has 2 aromatic carbocycles. The van der Waals surface area contributed by atoms with Gasteiger partial charge in [0.15, 0.2) is 0 Å². The number of aromatic nitrogens is 1. The van der Waals surface area contributed by atoms with E-state index in [9.17, 15) is 9.59 Å². The Balaban J connectivity index is 1.01. The van der Waals surface area contributed by atoms with Crippen LogP contribution in [0.25, 0.3) is 0 Å². The van der Waals surface area contributed by atoms with Gasteiger partial charge in [-0.15, -0.1) is 0 Å². The van der Waals surface area contributed by atoms with Crippen LogP contribution < -0.4 is 24.8 Å². The number of benzene rings is 2. The molecule has 1 saturated carbocycles. The predicted octanol–water partition coefficient (Wildman–Crippen LogP) is 3.17. The summed E-state index contributed by atoms with van der Waals surface area (Å²) in [6.45, 7) is 4.94. The second-order valence-corrected chi connectivity index (χ2v) is 11.2. The van der Waals surface area contributed by atoms with Crippen molar-refractivity contribution in [2.75, 3.05) is 45.7 Å². The minimum Gasteiger partial charge on any atom is -0.496 e. The average molecular weight is 556 g/mol. The van der Waals surface area contributed by atoms with Gasteiger partial charge in [-0.1, -0.05) is 6.07 Å². The Hall–Kier alpha value is -4.15. The Morgan fingerprint density at radius 3 is 2.78 bits per heavy atom. The maximum Gasteiger partial charge on any atom is 0.251 e. The van der Waals surface area contributed by atoms with Crippen molar-refractivity contribution >= 4 is 17.6 Å². The third-order valence-corrected chi connectivity index (χ3v) is 8.49. The number of pyridine rings is 1. The van der Waals surface area contributed by atoms with Gasteiger partial charge in [-0.3, -0.25) is 14.5 Å². The molecule has 2 N–H and O–H groups in total. The van der Waals surface area contributed by atoms with Crippen molar-refractivity contribution in [3.8, 4) is 23.0 Å². The van der Waals surface area contributed by atoms with Crippen molar-refractivity contribution < 1.29 is 23.8 Å². The molecule has 41 heavy (non-hydrogen) atoms. The number of fused-ring (bicyclic) bond motifs is 4. The van der Waals surface area contributed by atoms with Crippen LogP contribution in [0.1, 0.15) is 39.4 Å². The van der Waals surface area contributed by atoms with Crippen molar-refractivity contribution in [1.29, 1.82) is 0 Å². The summed E-state index contributed by atoms with van der Waals surface area (Å²) in [5.41, 5.74) is 3.57. The van der Waals surface area contributed by atoms with Crippen LogP contribution in [0.2, 0.25) is 0 Å². The lowest BCUT2D eigenvalue weighted by Gasteiger charge is -2.32. The van der Waals surface area contributed by atoms with E-state index < -0.39 is 0 Å². The Bertz CT molecular complexity index is 1520. The van der Waals surface area contributed by atoms with Crippen LogP contribution in [0.5, 0.6) is 23.0 Å². The minimum atomic E-state index is -0.142. The molecule has 2 fully saturated rings. The maximum absolute atomic E-state index is 13.2. The number of rotatable bonds is 7. The van der Waals surface area contributed by atoms with Crippen LogP contribution in [-0.2, 0) is 17.8 Å². The van der Waals surface area contributed by atoms with Gasteiger partial charge in [-0.25, -0.2) is 4.98 Å². The molecule has 4 heterocycles. The van der Waals surface area contributed by atoms with Gasteiger partial charge in [0.1, 0.15) is 34.9 Å². The first-order valence-electron chi connectivity index (χ1n) is 14.1. The molecule has 0 unspecified atom stereocenters. The Morgan fingerprint density at radius 2 is 1.95 bits per heavy atom. The summed E-state index contributed by atoms with van der Waals surface area (Å²) in [7, 11) is 3.80. The van der Waals surface area contributed by atoms with E-state index in [1.165, 1.54) is 0 Å². The summed E-state index contributed by atoms with van der Waals surface area (Å²) in [5, 5.41) is 5.97. The molecule has 0 bridgehead atoms. The monoisotopic (exact) mass is 555 g/mol. The van der Waals surface area contributed by atoms with E-state index in [4.69, 9.17) is 14.2 Å². The summed E-state index contributed by atoms with van der Waals surface area (Å²) < 4.78 is 18.0. The molecule has 2 amide bonds. The molecule has 10 heteroatoms. The second-order valence-electron chi connectivity index (χ2n) is 11.2. The van der Waals surface area contributed by atoms with E-state index in [-0.39, 0.29) is 29.9 Å². The minimum absolute atomic E-state index is 0.0373. The molecule has 3 aromatic rings. The highest BCUT2D eigenvalue weighted by atomic mass is 16.5. The highest BCUT2D eigenvalue weighted by molar-refractivity contribution is 5.95. The molecule has 3 atom stereocenters. The highest BCUT2D eigenvalue weighted by Gasteiger charge is 2.59. The van der Waals surface area contributed by atoms with E-state index >= 15 is 0 Å². The summed E-state index contributed by atoms with van der Waals surface area (Å²) >= 11 is 0. The number of likely N-dealkylation sites (N-methyl/N-ethyl adjacent to an activating group) is 1. The summed E-state index contributed by atoms with van der Waals surface area (Å²) in [5.74, 6) is 3.35. The number of carbonyl (C=O) groups is 2. The largest absolute Gasteiger partial charge is 0.496 e. The van der Waals surface area contributed by atoms with Crippen molar-refractivity contribution in [2.45, 2.75) is 37.5 Å². The lowest BCUT2D eigenvalue weighted by Crippen LogP contribution is -2.43. The Labute approximate surface area is 238 Å². The standard InChI is InChI=1S/C31H33N5O5/c1-35-11-13-36(14-12-35)17-19-4-3-18(15-25(19)39-2)31(38)34-28-27-22-16-20(5-7-23(22)41-29(27)28)40-24-9-10-32-30-21(24)6-8-26(37)33-30/h3-5,7,9-10,15-16,27-29H,6,8,11-14,17H2,1-2H3,(H,34,38)(H,32,33,37)/t27-,28+,29-/m0/s1. The van der Waals surface area contributed by atoms with Gasteiger partial charge in [0, 0.05) is 67.6 Å². The first-order chi connectivity index (χ1) is 20.0. The first-order valence-corrected chi connectivity index (χ1v) is 14.1. The third kappa shape index (κ3) is 4.98. The molecule has 0 radical (unpaired) electrons. The molecule has 0 spiro atoms. The van der Waals surface area contributed by atoms with Crippen LogP contribution in [0.3, 0.4) is 0 Å². The summed E-state index contributed by atoms with van der Waals surface area (Å²) in [4.78, 5) is 34.0. The zero-order chi connectivity index (χ0) is 28.1. The lowest BCUT2D eigenvalue weighted by atomic mass is 10.1. The van der Waals surface area contributed by atoms with Gasteiger partial charge < -0.3 is 29.7 Å². The van der Waals surface area contributed by atoms with Gasteiger partial charge >= 0.3 is 0 Å². The van der Waals surface area contributed by atoms with E-state index in [0.717, 1.165) is 60.9 Å². The van der Waals surface area contributed by atoms with Crippen LogP contribution in [-0.4, -0.2) is 79.1 Å². The first kappa shape index (κ1) is 25.8. The predicted molar refractivity (Wildman–Crippen MR) is 152 cm³/mol. The van der Waals surface area contributed by atoms with Crippen LogP contribution >= 0.6 is 0 Å². The number of hydrogen-bond acceptors (Lipinski definition) is 8. The van der Waals surface area contributed by atoms with Crippen LogP contribution in [0.4, 0.5) is 5.82 Å². The molecule has 3 aliphatic heterocycles. The fourth-order valence-corrected chi connectivity index (χ4v) is 6.05. The fraction of sp³-hybridized carbons (Fsp3) is 0.387. The van der Waals surface area contributed by atoms with Gasteiger partial charge in [-0.05, 0) is 49.9 Å². The van der Waals surface area contributed by atoms with E-state index in [0.29, 0.717) is 35.7 Å². The number of amides is 2. The number of anilines is 1. The van der Waals surface area contributed by atoms with Crippen molar-refractivity contribution in [1.82, 2.24) is 20.1 Å². The van der Waals surface area contributed by atoms with Gasteiger partial charge in [0.2, 0.25) is 5.91 Å². The van der Waals surface area contributed by atoms with Gasteiger partial charge in [-0.2, -0.15) is 0 Å². The molecule has 1 aliphatic carbocycles. The zero-order valence-corrected chi connectivity index (χ0v) is 23.2. The summed E-state index contributed by atoms with van der Waals surface area (Å²) in [6, 6.07) is 13.2. The molecular weight excluding hydrogens is 522 g/mol. The van der Waals surface area contributed by atoms with Crippen LogP contribution in [0, 0.1) is 0 Å². The Kier molecular flexibility index (Phi) is 6.51. The average Bonchev–Trinajstić information content (AvgIpc) is 3.50. The van der Waals surface area contributed by atoms with Gasteiger partial charge in [0.05, 0.1) is 19.1 Å². The molecule has 10 nitrogen and oxygen atoms in total. The van der Waals surface area contributed by atoms with E-state index in [1.807, 2.05) is 42.5 Å². The van der Waals surface area contributed by atoms with Crippen LogP contribution in [0.15, 0.2) is 48.7 Å². The maximum atomic E-state index is 13.2. The SMILES string of the molecule is COc1cc(C(=O)N[C@H]2[C@H]3Oc4ccc(Oc5ccnc6c5CCC(=O)N6)cc4[C@@H]23)ccc1CN1CCN(C)CC1. The number of nitrogens with one attached hydrogen (secondary N) is 2. The number of piperazine rings is 1. The smallest absolute Gasteiger partial charge is 0.251 e. The number of nitrogens with zero attached hydrogens (tertiary/aromatic N) is 3. The Morgan fingerprint density at radius 1 is 1.10 bits per heavy atom. The lowest BCUT2D eigenvalue weighted by molar-refractivity contribution is -0.116. The van der Waals surface area contributed by atoms with Crippen molar-refractivity contribution in [3.05, 3.63) is 70.9 Å². The number of methoxy groups -OCH3 is 1. The molecule has 4 aliphatic rings. The number of carbonyl (C=O) groups excluding carboxylic acids is 2. The van der Waals surface area contributed by atoms with E-state index in [1.54, 1.807) is 13.3 Å². The summed E-state index contributed by atoms with van der Waals surface area (Å²) in [6.07, 6.45) is 2.53. The van der Waals surface area contributed by atoms with Gasteiger partial charge in [0.25, 0.3) is 5.91 Å². The number of ether oxygens (including phenoxy) is 3. The fourth-order valence-electron chi connectivity index (χ4n) is 6.05. The topological polar surface area (TPSA) is 105 Å². The molecule has 1 saturated heterocycles. The number of hydrogen-bond donors (Lipinski definition) is 2. The molecular formula is C31H33N5O5. The third-order valence-electron chi connectivity index (χ3n) is 8.49. The van der Waals surface area contributed by atoms with E-state index in [2.05, 4.69) is 32.5 Å². The van der Waals surface area contributed by atoms with Crippen molar-refractivity contribution in [2.24, 2.45) is 0 Å². The molecule has 1 aromatic heterocycles. The van der Waals surface area contributed by atoms with Crippen molar-refractivity contribution in [3.63, 3.8) is 0 Å². The molecule has 212 valence electrons.